The third-order valence-corrected chi connectivity index (χ3v) is 6.10. The maximum atomic E-state index is 12.1. The van der Waals surface area contributed by atoms with Crippen LogP contribution in [0.5, 0.6) is 0 Å². The number of fused-ring (bicyclic) bond motifs is 1. The molecule has 0 spiro atoms. The van der Waals surface area contributed by atoms with Crippen LogP contribution in [-0.2, 0) is 0 Å². The first kappa shape index (κ1) is 31.8. The molecule has 4 nitrogen and oxygen atoms in total. The maximum absolute atomic E-state index is 12.1. The number of allylic oxidation sites excluding steroid dienone is 4. The number of nitrogens with one attached hydrogen (secondary N) is 1. The highest BCUT2D eigenvalue weighted by atomic mass is 35.5. The van der Waals surface area contributed by atoms with Crippen LogP contribution < -0.4 is 5.32 Å². The second-order valence-electron chi connectivity index (χ2n) is 8.38. The molecular formula is C28H39ClF2N4S. The van der Waals surface area contributed by atoms with E-state index in [1.807, 2.05) is 40.1 Å². The van der Waals surface area contributed by atoms with Crippen LogP contribution in [0.4, 0.5) is 8.78 Å². The molecule has 8 heteroatoms. The Balaban J connectivity index is 0.000000443. The molecule has 0 saturated carbocycles. The fourth-order valence-electron chi connectivity index (χ4n) is 3.67. The van der Waals surface area contributed by atoms with Gasteiger partial charge in [0.2, 0.25) is 0 Å². The molecule has 0 aromatic heterocycles. The average molecular weight is 537 g/mol. The average Bonchev–Trinajstić information content (AvgIpc) is 3.24. The summed E-state index contributed by atoms with van der Waals surface area (Å²) in [6.45, 7) is 14.0. The minimum atomic E-state index is -0.667. The molecule has 2 aliphatic rings. The fourth-order valence-corrected chi connectivity index (χ4v) is 4.43. The Bertz CT molecular complexity index is 979. The lowest BCUT2D eigenvalue weighted by Crippen LogP contribution is -2.34. The normalized spacial score (nSPS) is 17.6. The van der Waals surface area contributed by atoms with Crippen molar-refractivity contribution in [2.75, 3.05) is 33.7 Å². The number of rotatable bonds is 7. The van der Waals surface area contributed by atoms with Gasteiger partial charge in [0.25, 0.3) is 0 Å². The van der Waals surface area contributed by atoms with E-state index in [1.54, 1.807) is 23.9 Å². The molecule has 1 fully saturated rings. The number of nitrogens with zero attached hydrogens (tertiary/aromatic N) is 3. The molecule has 1 atom stereocenters. The SMILES string of the molecule is C=C(S/C=C\C)C1=NCC(C(/C=C\C)=NC)=C2CC(CNC)CN12.CC(C)F.Fc1cccc(Cl)c1. The van der Waals surface area contributed by atoms with Gasteiger partial charge in [0.1, 0.15) is 11.7 Å². The van der Waals surface area contributed by atoms with Crippen molar-refractivity contribution in [2.45, 2.75) is 40.3 Å². The van der Waals surface area contributed by atoms with Crippen LogP contribution >= 0.6 is 23.4 Å². The molecule has 1 aromatic rings. The number of thioether (sulfide) groups is 1. The van der Waals surface area contributed by atoms with Crippen molar-refractivity contribution >= 4 is 34.9 Å². The quantitative estimate of drug-likeness (QED) is 0.367. The summed E-state index contributed by atoms with van der Waals surface area (Å²) in [7, 11) is 3.87. The van der Waals surface area contributed by atoms with Crippen molar-refractivity contribution in [2.24, 2.45) is 15.9 Å². The van der Waals surface area contributed by atoms with E-state index in [-0.39, 0.29) is 5.82 Å². The summed E-state index contributed by atoms with van der Waals surface area (Å²) < 4.78 is 23.1. The maximum Gasteiger partial charge on any atom is 0.141 e. The molecule has 2 heterocycles. The third kappa shape index (κ3) is 10.8. The van der Waals surface area contributed by atoms with Gasteiger partial charge < -0.3 is 10.2 Å². The lowest BCUT2D eigenvalue weighted by atomic mass is 10.0. The fraction of sp³-hybridized carbons (Fsp3) is 0.429. The van der Waals surface area contributed by atoms with E-state index in [4.69, 9.17) is 16.6 Å². The number of alkyl halides is 1. The number of halogens is 3. The van der Waals surface area contributed by atoms with Crippen molar-refractivity contribution in [3.8, 4) is 0 Å². The number of hydrogen-bond acceptors (Lipinski definition) is 5. The first-order valence-electron chi connectivity index (χ1n) is 12.0. The Morgan fingerprint density at radius 1 is 1.36 bits per heavy atom. The Labute approximate surface area is 225 Å². The monoisotopic (exact) mass is 536 g/mol. The molecule has 0 bridgehead atoms. The second-order valence-corrected chi connectivity index (χ2v) is 9.81. The Morgan fingerprint density at radius 3 is 2.56 bits per heavy atom. The highest BCUT2D eigenvalue weighted by Crippen LogP contribution is 2.36. The smallest absolute Gasteiger partial charge is 0.141 e. The van der Waals surface area contributed by atoms with Gasteiger partial charge in [-0.25, -0.2) is 8.78 Å². The van der Waals surface area contributed by atoms with E-state index in [1.165, 1.54) is 37.3 Å². The van der Waals surface area contributed by atoms with Crippen LogP contribution in [0.15, 0.2) is 80.6 Å². The van der Waals surface area contributed by atoms with Gasteiger partial charge in [0.05, 0.1) is 18.4 Å². The minimum Gasteiger partial charge on any atom is -0.329 e. The molecular weight excluding hydrogens is 498 g/mol. The molecule has 1 N–H and O–H groups in total. The molecule has 0 amide bonds. The lowest BCUT2D eigenvalue weighted by Gasteiger charge is -2.29. The van der Waals surface area contributed by atoms with Gasteiger partial charge in [0.15, 0.2) is 0 Å². The first-order chi connectivity index (χ1) is 17.2. The summed E-state index contributed by atoms with van der Waals surface area (Å²) in [6, 6.07) is 5.82. The van der Waals surface area contributed by atoms with E-state index < -0.39 is 6.17 Å². The van der Waals surface area contributed by atoms with Gasteiger partial charge in [-0.2, -0.15) is 0 Å². The van der Waals surface area contributed by atoms with E-state index in [9.17, 15) is 8.78 Å². The summed E-state index contributed by atoms with van der Waals surface area (Å²) in [5.41, 5.74) is 3.65. The predicted molar refractivity (Wildman–Crippen MR) is 155 cm³/mol. The molecule has 0 aliphatic carbocycles. The number of amidine groups is 1. The van der Waals surface area contributed by atoms with Gasteiger partial charge in [0, 0.05) is 34.8 Å². The first-order valence-corrected chi connectivity index (χ1v) is 13.2. The van der Waals surface area contributed by atoms with Crippen molar-refractivity contribution in [1.29, 1.82) is 0 Å². The standard InChI is InChI=1S/C19H28N4S.C6H4ClF.C3H7F/c1-6-8-17(21-5)16-12-22-19(14(3)24-9-7-2)23-13-15(11-20-4)10-18(16)23;7-5-2-1-3-6(8)4-5;1-3(2)4/h6-9,15,20H,3,10-13H2,1-2,4-5H3;1-4H;3H,1-2H3/b8-6-,9-7-,21-17?;;. The lowest BCUT2D eigenvalue weighted by molar-refractivity contribution is 0.391. The molecule has 1 unspecified atom stereocenters. The molecule has 1 saturated heterocycles. The van der Waals surface area contributed by atoms with Crippen molar-refractivity contribution in [3.63, 3.8) is 0 Å². The van der Waals surface area contributed by atoms with E-state index in [2.05, 4.69) is 33.3 Å². The summed E-state index contributed by atoms with van der Waals surface area (Å²) in [4.78, 5) is 12.7. The summed E-state index contributed by atoms with van der Waals surface area (Å²) in [5.74, 6) is 1.32. The van der Waals surface area contributed by atoms with Crippen molar-refractivity contribution in [1.82, 2.24) is 10.2 Å². The number of aliphatic imine (C=N–C) groups is 2. The predicted octanol–water partition coefficient (Wildman–Crippen LogP) is 7.46. The van der Waals surface area contributed by atoms with Crippen LogP contribution in [-0.4, -0.2) is 56.3 Å². The van der Waals surface area contributed by atoms with Crippen LogP contribution in [0, 0.1) is 11.7 Å². The molecule has 2 aliphatic heterocycles. The number of hydrogen-bond donors (Lipinski definition) is 1. The van der Waals surface area contributed by atoms with Crippen LogP contribution in [0.2, 0.25) is 5.02 Å². The van der Waals surface area contributed by atoms with Crippen molar-refractivity contribution in [3.05, 3.63) is 81.5 Å². The molecule has 1 aromatic carbocycles. The Morgan fingerprint density at radius 2 is 2.06 bits per heavy atom. The Kier molecular flexibility index (Phi) is 15.3. The van der Waals surface area contributed by atoms with Crippen LogP contribution in [0.3, 0.4) is 0 Å². The zero-order valence-corrected chi connectivity index (χ0v) is 23.8. The van der Waals surface area contributed by atoms with Gasteiger partial charge in [-0.15, -0.1) is 0 Å². The zero-order chi connectivity index (χ0) is 27.1. The van der Waals surface area contributed by atoms with E-state index >= 15 is 0 Å². The zero-order valence-electron chi connectivity index (χ0n) is 22.2. The van der Waals surface area contributed by atoms with Crippen LogP contribution in [0.1, 0.15) is 34.1 Å². The van der Waals surface area contributed by atoms with Gasteiger partial charge >= 0.3 is 0 Å². The largest absolute Gasteiger partial charge is 0.329 e. The van der Waals surface area contributed by atoms with Gasteiger partial charge in [-0.1, -0.05) is 48.2 Å². The highest BCUT2D eigenvalue weighted by molar-refractivity contribution is 8.06. The minimum absolute atomic E-state index is 0.294. The summed E-state index contributed by atoms with van der Waals surface area (Å²) >= 11 is 7.05. The third-order valence-electron chi connectivity index (χ3n) is 4.99. The van der Waals surface area contributed by atoms with E-state index in [0.717, 1.165) is 36.0 Å². The molecule has 0 radical (unpaired) electrons. The summed E-state index contributed by atoms with van der Waals surface area (Å²) in [5, 5.41) is 5.80. The van der Waals surface area contributed by atoms with Gasteiger partial charge in [-0.05, 0) is 83.3 Å². The number of benzene rings is 1. The van der Waals surface area contributed by atoms with Crippen molar-refractivity contribution < 1.29 is 8.78 Å². The highest BCUT2D eigenvalue weighted by Gasteiger charge is 2.35. The van der Waals surface area contributed by atoms with Crippen LogP contribution in [0.25, 0.3) is 0 Å². The molecule has 36 heavy (non-hydrogen) atoms. The van der Waals surface area contributed by atoms with Gasteiger partial charge in [-0.3, -0.25) is 9.98 Å². The Hall–Kier alpha value is -2.22. The molecule has 3 rings (SSSR count). The summed E-state index contributed by atoms with van der Waals surface area (Å²) in [6.07, 6.45) is 6.55. The molecule has 198 valence electrons. The second kappa shape index (κ2) is 17.3. The van der Waals surface area contributed by atoms with E-state index in [0.29, 0.717) is 17.5 Å². The topological polar surface area (TPSA) is 40.0 Å².